The second kappa shape index (κ2) is 5.83. The Bertz CT molecular complexity index is 754. The standard InChI is InChI=1S/C12H13N3O5S/c1-19-11-5-8(3-4-13-11)15-21(17,18)9-6-10(14-7-9)12(16)20-2/h3-7,14H,1-2H3,(H,13,15). The number of nitrogens with one attached hydrogen (secondary N) is 2. The van der Waals surface area contributed by atoms with Gasteiger partial charge in [0.15, 0.2) is 0 Å². The fraction of sp³-hybridized carbons (Fsp3) is 0.167. The summed E-state index contributed by atoms with van der Waals surface area (Å²) in [6.45, 7) is 0. The van der Waals surface area contributed by atoms with Gasteiger partial charge in [0, 0.05) is 18.5 Å². The molecule has 112 valence electrons. The molecule has 0 aliphatic heterocycles. The van der Waals surface area contributed by atoms with Crippen molar-refractivity contribution in [2.75, 3.05) is 18.9 Å². The maximum Gasteiger partial charge on any atom is 0.354 e. The van der Waals surface area contributed by atoms with Crippen molar-refractivity contribution in [2.45, 2.75) is 4.90 Å². The summed E-state index contributed by atoms with van der Waals surface area (Å²) >= 11 is 0. The summed E-state index contributed by atoms with van der Waals surface area (Å²) in [5, 5.41) is 0. The number of H-pyrrole nitrogens is 1. The van der Waals surface area contributed by atoms with Gasteiger partial charge in [-0.05, 0) is 12.1 Å². The number of aromatic nitrogens is 2. The minimum Gasteiger partial charge on any atom is -0.481 e. The largest absolute Gasteiger partial charge is 0.481 e. The number of pyridine rings is 1. The minimum atomic E-state index is -3.83. The number of hydrogen-bond acceptors (Lipinski definition) is 6. The fourth-order valence-corrected chi connectivity index (χ4v) is 2.60. The van der Waals surface area contributed by atoms with Gasteiger partial charge in [0.25, 0.3) is 10.0 Å². The smallest absolute Gasteiger partial charge is 0.354 e. The van der Waals surface area contributed by atoms with E-state index < -0.39 is 16.0 Å². The molecule has 0 fully saturated rings. The fourth-order valence-electron chi connectivity index (χ4n) is 1.56. The molecule has 2 N–H and O–H groups in total. The predicted molar refractivity (Wildman–Crippen MR) is 73.7 cm³/mol. The summed E-state index contributed by atoms with van der Waals surface area (Å²) in [5.41, 5.74) is 0.341. The number of rotatable bonds is 5. The average Bonchev–Trinajstić information content (AvgIpc) is 2.97. The van der Waals surface area contributed by atoms with Crippen molar-refractivity contribution >= 4 is 21.7 Å². The first-order valence-corrected chi connectivity index (χ1v) is 7.24. The van der Waals surface area contributed by atoms with Gasteiger partial charge in [0.05, 0.1) is 19.9 Å². The first-order valence-electron chi connectivity index (χ1n) is 5.76. The molecule has 2 heterocycles. The lowest BCUT2D eigenvalue weighted by Gasteiger charge is -2.07. The number of aromatic amines is 1. The van der Waals surface area contributed by atoms with E-state index in [-0.39, 0.29) is 16.5 Å². The first kappa shape index (κ1) is 14.9. The van der Waals surface area contributed by atoms with Crippen molar-refractivity contribution in [3.05, 3.63) is 36.3 Å². The number of esters is 1. The summed E-state index contributed by atoms with van der Waals surface area (Å²) in [6.07, 6.45) is 2.61. The molecular formula is C12H13N3O5S. The van der Waals surface area contributed by atoms with E-state index in [1.165, 1.54) is 44.8 Å². The molecule has 21 heavy (non-hydrogen) atoms. The number of ether oxygens (including phenoxy) is 2. The van der Waals surface area contributed by atoms with E-state index in [9.17, 15) is 13.2 Å². The molecule has 0 aromatic carbocycles. The van der Waals surface area contributed by atoms with Crippen LogP contribution in [0.15, 0.2) is 35.5 Å². The minimum absolute atomic E-state index is 0.0465. The van der Waals surface area contributed by atoms with Gasteiger partial charge in [0.2, 0.25) is 5.88 Å². The van der Waals surface area contributed by atoms with Crippen LogP contribution < -0.4 is 9.46 Å². The monoisotopic (exact) mass is 311 g/mol. The van der Waals surface area contributed by atoms with Crippen molar-refractivity contribution in [3.63, 3.8) is 0 Å². The third kappa shape index (κ3) is 3.31. The molecule has 9 heteroatoms. The molecule has 0 amide bonds. The molecule has 2 aromatic rings. The van der Waals surface area contributed by atoms with Crippen LogP contribution in [0.5, 0.6) is 5.88 Å². The highest BCUT2D eigenvalue weighted by molar-refractivity contribution is 7.92. The van der Waals surface area contributed by atoms with Gasteiger partial charge >= 0.3 is 5.97 Å². The highest BCUT2D eigenvalue weighted by Gasteiger charge is 2.19. The Morgan fingerprint density at radius 3 is 2.76 bits per heavy atom. The topological polar surface area (TPSA) is 110 Å². The SMILES string of the molecule is COC(=O)c1cc(S(=O)(=O)Nc2ccnc(OC)c2)c[nH]1. The normalized spacial score (nSPS) is 11.0. The zero-order chi connectivity index (χ0) is 15.5. The third-order valence-corrected chi connectivity index (χ3v) is 3.93. The van der Waals surface area contributed by atoms with Crippen LogP contribution in [-0.4, -0.2) is 38.6 Å². The van der Waals surface area contributed by atoms with Gasteiger partial charge in [-0.1, -0.05) is 0 Å². The number of carbonyl (C=O) groups is 1. The maximum absolute atomic E-state index is 12.2. The van der Waals surface area contributed by atoms with Crippen molar-refractivity contribution in [2.24, 2.45) is 0 Å². The number of carbonyl (C=O) groups excluding carboxylic acids is 1. The van der Waals surface area contributed by atoms with E-state index in [0.717, 1.165) is 0 Å². The second-order valence-corrected chi connectivity index (χ2v) is 5.62. The van der Waals surface area contributed by atoms with Crippen LogP contribution in [0.2, 0.25) is 0 Å². The Hall–Kier alpha value is -2.55. The molecule has 0 saturated carbocycles. The Balaban J connectivity index is 2.25. The van der Waals surface area contributed by atoms with Crippen LogP contribution >= 0.6 is 0 Å². The van der Waals surface area contributed by atoms with E-state index in [1.807, 2.05) is 0 Å². The number of methoxy groups -OCH3 is 2. The van der Waals surface area contributed by atoms with E-state index in [2.05, 4.69) is 19.4 Å². The molecule has 0 atom stereocenters. The lowest BCUT2D eigenvalue weighted by atomic mass is 10.4. The number of sulfonamides is 1. The quantitative estimate of drug-likeness (QED) is 0.797. The van der Waals surface area contributed by atoms with Gasteiger partial charge < -0.3 is 14.5 Å². The Kier molecular flexibility index (Phi) is 4.13. The molecule has 0 unspecified atom stereocenters. The molecular weight excluding hydrogens is 298 g/mol. The predicted octanol–water partition coefficient (Wildman–Crippen LogP) is 1.01. The van der Waals surface area contributed by atoms with Crippen molar-refractivity contribution in [1.29, 1.82) is 0 Å². The van der Waals surface area contributed by atoms with E-state index in [4.69, 9.17) is 4.74 Å². The van der Waals surface area contributed by atoms with Gasteiger partial charge in [-0.15, -0.1) is 0 Å². The van der Waals surface area contributed by atoms with Crippen LogP contribution in [0.25, 0.3) is 0 Å². The van der Waals surface area contributed by atoms with E-state index in [0.29, 0.717) is 5.69 Å². The molecule has 8 nitrogen and oxygen atoms in total. The van der Waals surface area contributed by atoms with Gasteiger partial charge in [-0.25, -0.2) is 18.2 Å². The van der Waals surface area contributed by atoms with Crippen LogP contribution in [-0.2, 0) is 14.8 Å². The molecule has 0 saturated heterocycles. The molecule has 0 aliphatic rings. The Morgan fingerprint density at radius 1 is 1.33 bits per heavy atom. The number of anilines is 1. The number of hydrogen-bond donors (Lipinski definition) is 2. The lowest BCUT2D eigenvalue weighted by molar-refractivity contribution is 0.0595. The van der Waals surface area contributed by atoms with Crippen LogP contribution in [0.3, 0.4) is 0 Å². The van der Waals surface area contributed by atoms with Crippen molar-refractivity contribution in [3.8, 4) is 5.88 Å². The van der Waals surface area contributed by atoms with Crippen LogP contribution in [0.1, 0.15) is 10.5 Å². The zero-order valence-corrected chi connectivity index (χ0v) is 12.1. The van der Waals surface area contributed by atoms with Gasteiger partial charge in [-0.2, -0.15) is 0 Å². The van der Waals surface area contributed by atoms with Crippen LogP contribution in [0.4, 0.5) is 5.69 Å². The number of nitrogens with zero attached hydrogens (tertiary/aromatic N) is 1. The lowest BCUT2D eigenvalue weighted by Crippen LogP contribution is -2.12. The Morgan fingerprint density at radius 2 is 2.10 bits per heavy atom. The molecule has 0 spiro atoms. The molecule has 2 rings (SSSR count). The second-order valence-electron chi connectivity index (χ2n) is 3.93. The highest BCUT2D eigenvalue weighted by Crippen LogP contribution is 2.19. The van der Waals surface area contributed by atoms with Gasteiger partial charge in [-0.3, -0.25) is 4.72 Å². The maximum atomic E-state index is 12.2. The van der Waals surface area contributed by atoms with E-state index in [1.54, 1.807) is 0 Å². The highest BCUT2D eigenvalue weighted by atomic mass is 32.2. The molecule has 2 aromatic heterocycles. The van der Waals surface area contributed by atoms with Crippen LogP contribution in [0, 0.1) is 0 Å². The summed E-state index contributed by atoms with van der Waals surface area (Å²) in [4.78, 5) is 17.6. The van der Waals surface area contributed by atoms with E-state index >= 15 is 0 Å². The summed E-state index contributed by atoms with van der Waals surface area (Å²) in [5.74, 6) is -0.374. The molecule has 0 bridgehead atoms. The molecule has 0 aliphatic carbocycles. The zero-order valence-electron chi connectivity index (χ0n) is 11.3. The van der Waals surface area contributed by atoms with Crippen molar-refractivity contribution < 1.29 is 22.7 Å². The first-order chi connectivity index (χ1) is 9.96. The average molecular weight is 311 g/mol. The summed E-state index contributed by atoms with van der Waals surface area (Å²) in [6, 6.07) is 4.10. The third-order valence-electron chi connectivity index (χ3n) is 2.57. The Labute approximate surface area is 121 Å². The van der Waals surface area contributed by atoms with Crippen molar-refractivity contribution in [1.82, 2.24) is 9.97 Å². The molecule has 0 radical (unpaired) electrons. The summed E-state index contributed by atoms with van der Waals surface area (Å²) in [7, 11) is -1.20. The van der Waals surface area contributed by atoms with Gasteiger partial charge in [0.1, 0.15) is 10.6 Å². The summed E-state index contributed by atoms with van der Waals surface area (Å²) < 4.78 is 36.1.